The van der Waals surface area contributed by atoms with E-state index in [1.165, 1.54) is 6.07 Å². The first-order chi connectivity index (χ1) is 8.09. The van der Waals surface area contributed by atoms with Crippen LogP contribution in [0.5, 0.6) is 0 Å². The van der Waals surface area contributed by atoms with Crippen molar-refractivity contribution in [3.63, 3.8) is 0 Å². The molecule has 0 heterocycles. The Balaban J connectivity index is 2.61. The van der Waals surface area contributed by atoms with Gasteiger partial charge in [0.05, 0.1) is 5.02 Å². The number of benzene rings is 1. The molecule has 0 fully saturated rings. The lowest BCUT2D eigenvalue weighted by molar-refractivity contribution is 0.240. The first kappa shape index (κ1) is 15.5. The molecule has 0 aliphatic heterocycles. The summed E-state index contributed by atoms with van der Waals surface area (Å²) in [4.78, 5) is 0. The Hall–Kier alpha value is -0.600. The topological polar surface area (TPSA) is 12.0 Å². The fourth-order valence-electron chi connectivity index (χ4n) is 2.38. The summed E-state index contributed by atoms with van der Waals surface area (Å²) >= 11 is 5.66. The standard InChI is InChI=1S/C15H23ClFN/c1-14(2,3)10-15(4,5)18-9-11-6-7-12(16)13(17)8-11/h6-8,18H,9-10H2,1-5H3. The first-order valence-electron chi connectivity index (χ1n) is 6.28. The largest absolute Gasteiger partial charge is 0.308 e. The number of rotatable bonds is 4. The lowest BCUT2D eigenvalue weighted by Crippen LogP contribution is -2.41. The monoisotopic (exact) mass is 271 g/mol. The number of nitrogens with one attached hydrogen (secondary N) is 1. The molecule has 18 heavy (non-hydrogen) atoms. The Morgan fingerprint density at radius 2 is 1.78 bits per heavy atom. The van der Waals surface area contributed by atoms with Crippen LogP contribution in [0.1, 0.15) is 46.6 Å². The lowest BCUT2D eigenvalue weighted by atomic mass is 9.82. The van der Waals surface area contributed by atoms with Crippen LogP contribution in [0.25, 0.3) is 0 Å². The fraction of sp³-hybridized carbons (Fsp3) is 0.600. The Labute approximate surface area is 115 Å². The van der Waals surface area contributed by atoms with Crippen molar-refractivity contribution in [3.05, 3.63) is 34.6 Å². The van der Waals surface area contributed by atoms with Crippen molar-refractivity contribution in [1.82, 2.24) is 5.32 Å². The molecule has 1 N–H and O–H groups in total. The van der Waals surface area contributed by atoms with E-state index in [4.69, 9.17) is 11.6 Å². The smallest absolute Gasteiger partial charge is 0.142 e. The molecule has 3 heteroatoms. The third-order valence-corrected chi connectivity index (χ3v) is 3.03. The second-order valence-electron chi connectivity index (χ2n) is 6.72. The summed E-state index contributed by atoms with van der Waals surface area (Å²) in [6.07, 6.45) is 1.05. The van der Waals surface area contributed by atoms with Crippen molar-refractivity contribution in [2.75, 3.05) is 0 Å². The summed E-state index contributed by atoms with van der Waals surface area (Å²) in [6, 6.07) is 4.94. The van der Waals surface area contributed by atoms with Gasteiger partial charge < -0.3 is 5.32 Å². The summed E-state index contributed by atoms with van der Waals surface area (Å²) in [5.41, 5.74) is 1.20. The van der Waals surface area contributed by atoms with E-state index < -0.39 is 0 Å². The van der Waals surface area contributed by atoms with Crippen molar-refractivity contribution in [2.24, 2.45) is 5.41 Å². The van der Waals surface area contributed by atoms with Gasteiger partial charge in [-0.2, -0.15) is 0 Å². The second kappa shape index (κ2) is 5.58. The van der Waals surface area contributed by atoms with Gasteiger partial charge in [0.1, 0.15) is 5.82 Å². The highest BCUT2D eigenvalue weighted by molar-refractivity contribution is 6.30. The summed E-state index contributed by atoms with van der Waals surface area (Å²) in [6.45, 7) is 11.7. The number of halogens is 2. The van der Waals surface area contributed by atoms with E-state index >= 15 is 0 Å². The van der Waals surface area contributed by atoms with E-state index in [1.807, 2.05) is 6.07 Å². The van der Waals surface area contributed by atoms with E-state index in [2.05, 4.69) is 39.9 Å². The predicted molar refractivity (Wildman–Crippen MR) is 76.4 cm³/mol. The molecule has 0 unspecified atom stereocenters. The van der Waals surface area contributed by atoms with Crippen molar-refractivity contribution >= 4 is 11.6 Å². The number of hydrogen-bond donors (Lipinski definition) is 1. The molecule has 0 bridgehead atoms. The van der Waals surface area contributed by atoms with Crippen LogP contribution >= 0.6 is 11.6 Å². The van der Waals surface area contributed by atoms with E-state index in [0.717, 1.165) is 12.0 Å². The Bertz CT molecular complexity index is 407. The van der Waals surface area contributed by atoms with Crippen LogP contribution in [0.3, 0.4) is 0 Å². The summed E-state index contributed by atoms with van der Waals surface area (Å²) < 4.78 is 13.3. The van der Waals surface area contributed by atoms with E-state index in [-0.39, 0.29) is 21.8 Å². The van der Waals surface area contributed by atoms with Crippen LogP contribution < -0.4 is 5.32 Å². The highest BCUT2D eigenvalue weighted by atomic mass is 35.5. The summed E-state index contributed by atoms with van der Waals surface area (Å²) in [5, 5.41) is 3.64. The van der Waals surface area contributed by atoms with Gasteiger partial charge in [0.25, 0.3) is 0 Å². The quantitative estimate of drug-likeness (QED) is 0.831. The summed E-state index contributed by atoms with van der Waals surface area (Å²) in [7, 11) is 0. The minimum atomic E-state index is -0.357. The Kier molecular flexibility index (Phi) is 4.79. The van der Waals surface area contributed by atoms with Crippen LogP contribution in [0.4, 0.5) is 4.39 Å². The lowest BCUT2D eigenvalue weighted by Gasteiger charge is -2.33. The zero-order valence-electron chi connectivity index (χ0n) is 11.9. The third-order valence-electron chi connectivity index (χ3n) is 2.73. The molecular formula is C15H23ClFN. The maximum Gasteiger partial charge on any atom is 0.142 e. The van der Waals surface area contributed by atoms with Gasteiger partial charge in [-0.25, -0.2) is 4.39 Å². The van der Waals surface area contributed by atoms with Gasteiger partial charge in [-0.05, 0) is 43.4 Å². The van der Waals surface area contributed by atoms with Crippen LogP contribution in [-0.2, 0) is 6.54 Å². The van der Waals surface area contributed by atoms with Gasteiger partial charge in [-0.1, -0.05) is 38.4 Å². The number of hydrogen-bond acceptors (Lipinski definition) is 1. The zero-order valence-corrected chi connectivity index (χ0v) is 12.7. The molecule has 0 saturated carbocycles. The fourth-order valence-corrected chi connectivity index (χ4v) is 2.50. The SMILES string of the molecule is CC(C)(C)CC(C)(C)NCc1ccc(Cl)c(F)c1. The van der Waals surface area contributed by atoms with E-state index in [0.29, 0.717) is 6.54 Å². The maximum absolute atomic E-state index is 13.3. The normalized spacial score (nSPS) is 12.8. The first-order valence-corrected chi connectivity index (χ1v) is 6.66. The molecule has 0 saturated heterocycles. The molecular weight excluding hydrogens is 249 g/mol. The molecule has 0 spiro atoms. The molecule has 0 aliphatic rings. The van der Waals surface area contributed by atoms with Crippen LogP contribution in [0, 0.1) is 11.2 Å². The molecule has 1 nitrogen and oxygen atoms in total. The van der Waals surface area contributed by atoms with Gasteiger partial charge in [0.15, 0.2) is 0 Å². The predicted octanol–water partition coefficient (Wildman–Crippen LogP) is 4.78. The molecule has 0 radical (unpaired) electrons. The molecule has 1 aromatic rings. The van der Waals surface area contributed by atoms with Crippen molar-refractivity contribution in [2.45, 2.75) is 53.1 Å². The van der Waals surface area contributed by atoms with Crippen LogP contribution in [0.2, 0.25) is 5.02 Å². The Morgan fingerprint density at radius 3 is 2.28 bits per heavy atom. The van der Waals surface area contributed by atoms with Crippen molar-refractivity contribution in [3.8, 4) is 0 Å². The van der Waals surface area contributed by atoms with Crippen molar-refractivity contribution in [1.29, 1.82) is 0 Å². The molecule has 1 rings (SSSR count). The van der Waals surface area contributed by atoms with Gasteiger partial charge in [0.2, 0.25) is 0 Å². The van der Waals surface area contributed by atoms with Gasteiger partial charge >= 0.3 is 0 Å². The molecule has 0 amide bonds. The average molecular weight is 272 g/mol. The highest BCUT2D eigenvalue weighted by Gasteiger charge is 2.24. The molecule has 0 atom stereocenters. The minimum Gasteiger partial charge on any atom is -0.308 e. The molecule has 0 aliphatic carbocycles. The average Bonchev–Trinajstić information content (AvgIpc) is 2.16. The third kappa shape index (κ3) is 5.36. The van der Waals surface area contributed by atoms with Gasteiger partial charge in [0, 0.05) is 12.1 Å². The Morgan fingerprint density at radius 1 is 1.17 bits per heavy atom. The van der Waals surface area contributed by atoms with Gasteiger partial charge in [-0.15, -0.1) is 0 Å². The minimum absolute atomic E-state index is 0.0222. The van der Waals surface area contributed by atoms with E-state index in [9.17, 15) is 4.39 Å². The van der Waals surface area contributed by atoms with Crippen LogP contribution in [-0.4, -0.2) is 5.54 Å². The maximum atomic E-state index is 13.3. The van der Waals surface area contributed by atoms with Crippen LogP contribution in [0.15, 0.2) is 18.2 Å². The van der Waals surface area contributed by atoms with Crippen molar-refractivity contribution < 1.29 is 4.39 Å². The summed E-state index contributed by atoms with van der Waals surface area (Å²) in [5.74, 6) is -0.357. The molecule has 0 aromatic heterocycles. The second-order valence-corrected chi connectivity index (χ2v) is 7.13. The highest BCUT2D eigenvalue weighted by Crippen LogP contribution is 2.27. The molecule has 102 valence electrons. The zero-order chi connectivity index (χ0) is 14.0. The molecule has 1 aromatic carbocycles. The van der Waals surface area contributed by atoms with Gasteiger partial charge in [-0.3, -0.25) is 0 Å². The van der Waals surface area contributed by atoms with E-state index in [1.54, 1.807) is 6.07 Å².